The minimum atomic E-state index is -0.775. The molecule has 0 bridgehead atoms. The fourth-order valence-corrected chi connectivity index (χ4v) is 2.27. The molecule has 6 heteroatoms. The molecule has 0 aliphatic rings. The molecule has 0 amide bonds. The van der Waals surface area contributed by atoms with Gasteiger partial charge in [-0.05, 0) is 36.6 Å². The molecule has 2 rings (SSSR count). The number of hydrogen-bond donors (Lipinski definition) is 0. The van der Waals surface area contributed by atoms with Crippen LogP contribution in [0.25, 0.3) is 11.3 Å². The first-order chi connectivity index (χ1) is 9.56. The van der Waals surface area contributed by atoms with Crippen molar-refractivity contribution in [1.82, 2.24) is 0 Å². The normalized spacial score (nSPS) is 10.3. The second-order valence-electron chi connectivity index (χ2n) is 3.84. The number of carbonyl (C=O) groups excluding carboxylic acids is 1. The molecule has 0 radical (unpaired) electrons. The number of esters is 1. The topological polar surface area (TPSA) is 56.5 Å². The van der Waals surface area contributed by atoms with E-state index < -0.39 is 11.6 Å². The Morgan fingerprint density at radius 1 is 1.30 bits per heavy atom. The van der Waals surface area contributed by atoms with Crippen molar-refractivity contribution in [2.75, 3.05) is 13.4 Å². The molecule has 0 unspecified atom stereocenters. The van der Waals surface area contributed by atoms with Crippen molar-refractivity contribution in [3.63, 3.8) is 0 Å². The Kier molecular flexibility index (Phi) is 4.24. The monoisotopic (exact) mass is 294 g/mol. The largest absolute Gasteiger partial charge is 0.465 e. The molecule has 1 heterocycles. The molecule has 0 saturated carbocycles. The van der Waals surface area contributed by atoms with Crippen LogP contribution in [0.15, 0.2) is 44.4 Å². The first-order valence-corrected chi connectivity index (χ1v) is 6.85. The second kappa shape index (κ2) is 5.92. The van der Waals surface area contributed by atoms with Crippen LogP contribution in [0.4, 0.5) is 4.39 Å². The van der Waals surface area contributed by atoms with Gasteiger partial charge in [0.25, 0.3) is 0 Å². The molecule has 0 aliphatic heterocycles. The van der Waals surface area contributed by atoms with Crippen LogP contribution in [0.3, 0.4) is 0 Å². The van der Waals surface area contributed by atoms with E-state index in [1.165, 1.54) is 43.1 Å². The van der Waals surface area contributed by atoms with Crippen molar-refractivity contribution in [2.24, 2.45) is 0 Å². The third kappa shape index (κ3) is 2.75. The van der Waals surface area contributed by atoms with Gasteiger partial charge in [-0.25, -0.2) is 14.0 Å². The maximum absolute atomic E-state index is 12.9. The molecule has 0 fully saturated rings. The van der Waals surface area contributed by atoms with Crippen molar-refractivity contribution >= 4 is 17.7 Å². The summed E-state index contributed by atoms with van der Waals surface area (Å²) < 4.78 is 22.6. The highest BCUT2D eigenvalue weighted by Crippen LogP contribution is 2.26. The van der Waals surface area contributed by atoms with Crippen molar-refractivity contribution in [1.29, 1.82) is 0 Å². The Labute approximate surface area is 118 Å². The Morgan fingerprint density at radius 3 is 2.50 bits per heavy atom. The van der Waals surface area contributed by atoms with Gasteiger partial charge >= 0.3 is 11.6 Å². The van der Waals surface area contributed by atoms with Crippen LogP contribution in [0.1, 0.15) is 10.4 Å². The van der Waals surface area contributed by atoms with Crippen molar-refractivity contribution in [2.45, 2.75) is 4.90 Å². The number of ether oxygens (including phenoxy) is 1. The standard InChI is InChI=1S/C14H11FO4S/c1-18-13(16)12-11(20-2)7-10(19-14(12)17)8-3-5-9(15)6-4-8/h3-7H,1-2H3. The van der Waals surface area contributed by atoms with Gasteiger partial charge in [0.15, 0.2) is 5.56 Å². The Balaban J connectivity index is 2.58. The SMILES string of the molecule is COC(=O)c1c(SC)cc(-c2ccc(F)cc2)oc1=O. The molecule has 0 spiro atoms. The molecule has 0 saturated heterocycles. The van der Waals surface area contributed by atoms with Gasteiger partial charge < -0.3 is 9.15 Å². The third-order valence-corrected chi connectivity index (χ3v) is 3.42. The summed E-state index contributed by atoms with van der Waals surface area (Å²) in [5.74, 6) is -0.854. The van der Waals surface area contributed by atoms with Crippen molar-refractivity contribution in [3.05, 3.63) is 52.1 Å². The van der Waals surface area contributed by atoms with E-state index in [2.05, 4.69) is 4.74 Å². The van der Waals surface area contributed by atoms with Crippen LogP contribution >= 0.6 is 11.8 Å². The summed E-state index contributed by atoms with van der Waals surface area (Å²) in [5, 5.41) is 0. The van der Waals surface area contributed by atoms with E-state index in [9.17, 15) is 14.0 Å². The first kappa shape index (κ1) is 14.3. The lowest BCUT2D eigenvalue weighted by molar-refractivity contribution is 0.0591. The number of thioether (sulfide) groups is 1. The van der Waals surface area contributed by atoms with Gasteiger partial charge in [0.05, 0.1) is 7.11 Å². The summed E-state index contributed by atoms with van der Waals surface area (Å²) >= 11 is 1.23. The molecule has 2 aromatic rings. The highest BCUT2D eigenvalue weighted by Gasteiger charge is 2.19. The van der Waals surface area contributed by atoms with Gasteiger partial charge in [0, 0.05) is 10.5 Å². The molecular formula is C14H11FO4S. The maximum Gasteiger partial charge on any atom is 0.352 e. The highest BCUT2D eigenvalue weighted by molar-refractivity contribution is 7.98. The van der Waals surface area contributed by atoms with E-state index >= 15 is 0 Å². The van der Waals surface area contributed by atoms with Crippen LogP contribution in [-0.2, 0) is 4.74 Å². The highest BCUT2D eigenvalue weighted by atomic mass is 32.2. The van der Waals surface area contributed by atoms with Crippen LogP contribution in [0.5, 0.6) is 0 Å². The van der Waals surface area contributed by atoms with Gasteiger partial charge in [0.2, 0.25) is 0 Å². The van der Waals surface area contributed by atoms with Gasteiger partial charge in [-0.1, -0.05) is 0 Å². The first-order valence-electron chi connectivity index (χ1n) is 5.63. The van der Waals surface area contributed by atoms with Crippen molar-refractivity contribution < 1.29 is 18.3 Å². The third-order valence-electron chi connectivity index (χ3n) is 2.65. The van der Waals surface area contributed by atoms with Crippen LogP contribution in [-0.4, -0.2) is 19.3 Å². The molecule has 104 valence electrons. The lowest BCUT2D eigenvalue weighted by atomic mass is 10.1. The Morgan fingerprint density at radius 2 is 1.95 bits per heavy atom. The van der Waals surface area contributed by atoms with Crippen LogP contribution in [0, 0.1) is 5.82 Å². The summed E-state index contributed by atoms with van der Waals surface area (Å²) in [4.78, 5) is 23.9. The van der Waals surface area contributed by atoms with Gasteiger partial charge in [-0.3, -0.25) is 0 Å². The van der Waals surface area contributed by atoms with E-state index in [1.54, 1.807) is 12.3 Å². The van der Waals surface area contributed by atoms with E-state index in [4.69, 9.17) is 4.42 Å². The van der Waals surface area contributed by atoms with E-state index in [-0.39, 0.29) is 17.1 Å². The predicted molar refractivity (Wildman–Crippen MR) is 73.5 cm³/mol. The number of rotatable bonds is 3. The summed E-state index contributed by atoms with van der Waals surface area (Å²) in [5.41, 5.74) is -0.357. The van der Waals surface area contributed by atoms with Gasteiger partial charge in [0.1, 0.15) is 11.6 Å². The van der Waals surface area contributed by atoms with E-state index in [0.29, 0.717) is 10.5 Å². The Hall–Kier alpha value is -2.08. The van der Waals surface area contributed by atoms with E-state index in [0.717, 1.165) is 0 Å². The zero-order valence-electron chi connectivity index (χ0n) is 10.8. The quantitative estimate of drug-likeness (QED) is 0.643. The lowest BCUT2D eigenvalue weighted by Gasteiger charge is -2.06. The summed E-state index contributed by atoms with van der Waals surface area (Å²) in [6.45, 7) is 0. The lowest BCUT2D eigenvalue weighted by Crippen LogP contribution is -2.17. The Bertz CT molecular complexity index is 691. The molecule has 0 N–H and O–H groups in total. The molecule has 1 aromatic heterocycles. The summed E-state index contributed by atoms with van der Waals surface area (Å²) in [6, 6.07) is 7.08. The maximum atomic E-state index is 12.9. The second-order valence-corrected chi connectivity index (χ2v) is 4.69. The average molecular weight is 294 g/mol. The van der Waals surface area contributed by atoms with Crippen LogP contribution in [0.2, 0.25) is 0 Å². The number of halogens is 1. The van der Waals surface area contributed by atoms with Crippen molar-refractivity contribution in [3.8, 4) is 11.3 Å². The fraction of sp³-hybridized carbons (Fsp3) is 0.143. The fourth-order valence-electron chi connectivity index (χ4n) is 1.68. The number of hydrogen-bond acceptors (Lipinski definition) is 5. The number of carbonyl (C=O) groups is 1. The van der Waals surface area contributed by atoms with E-state index in [1.807, 2.05) is 0 Å². The molecule has 20 heavy (non-hydrogen) atoms. The summed E-state index contributed by atoms with van der Waals surface area (Å²) in [7, 11) is 1.19. The van der Waals surface area contributed by atoms with Crippen LogP contribution < -0.4 is 5.63 Å². The zero-order chi connectivity index (χ0) is 14.7. The minimum Gasteiger partial charge on any atom is -0.465 e. The van der Waals surface area contributed by atoms with Gasteiger partial charge in [-0.15, -0.1) is 11.8 Å². The molecular weight excluding hydrogens is 283 g/mol. The van der Waals surface area contributed by atoms with Gasteiger partial charge in [-0.2, -0.15) is 0 Å². The smallest absolute Gasteiger partial charge is 0.352 e. The predicted octanol–water partition coefficient (Wildman–Crippen LogP) is 2.95. The number of methoxy groups -OCH3 is 1. The molecule has 4 nitrogen and oxygen atoms in total. The average Bonchev–Trinajstić information content (AvgIpc) is 2.46. The number of benzene rings is 1. The molecule has 1 aromatic carbocycles. The minimum absolute atomic E-state index is 0.133. The molecule has 0 aliphatic carbocycles. The zero-order valence-corrected chi connectivity index (χ0v) is 11.6. The summed E-state index contributed by atoms with van der Waals surface area (Å²) in [6.07, 6.45) is 1.73. The molecule has 0 atom stereocenters.